The van der Waals surface area contributed by atoms with Crippen molar-refractivity contribution in [2.45, 2.75) is 57.3 Å². The van der Waals surface area contributed by atoms with Gasteiger partial charge in [0.1, 0.15) is 24.4 Å². The molecule has 5 atom stereocenters. The largest absolute Gasteiger partial charge is 0.371 e. The van der Waals surface area contributed by atoms with Gasteiger partial charge >= 0.3 is 0 Å². The van der Waals surface area contributed by atoms with Gasteiger partial charge in [0, 0.05) is 0 Å². The van der Waals surface area contributed by atoms with Crippen molar-refractivity contribution in [3.8, 4) is 0 Å². The molecular formula is C29H32O4. The minimum absolute atomic E-state index is 0.182. The molecule has 0 amide bonds. The molecule has 0 N–H and O–H groups in total. The van der Waals surface area contributed by atoms with Gasteiger partial charge in [0.05, 0.1) is 25.9 Å². The normalized spacial score (nSPS) is 23.3. The van der Waals surface area contributed by atoms with Crippen LogP contribution in [0.25, 0.3) is 0 Å². The summed E-state index contributed by atoms with van der Waals surface area (Å²) in [6.07, 6.45) is 0.502. The maximum Gasteiger partial charge on any atom is 0.116 e. The molecule has 1 saturated heterocycles. The highest BCUT2D eigenvalue weighted by molar-refractivity contribution is 5.16. The second-order valence-corrected chi connectivity index (χ2v) is 8.33. The lowest BCUT2D eigenvalue weighted by molar-refractivity contribution is -0.114. The van der Waals surface area contributed by atoms with Crippen LogP contribution < -0.4 is 0 Å². The van der Waals surface area contributed by atoms with Crippen LogP contribution in [0.15, 0.2) is 104 Å². The second kappa shape index (κ2) is 11.9. The first kappa shape index (κ1) is 23.4. The van der Waals surface area contributed by atoms with E-state index in [0.717, 1.165) is 16.7 Å². The van der Waals surface area contributed by atoms with Gasteiger partial charge in [-0.15, -0.1) is 6.58 Å². The van der Waals surface area contributed by atoms with E-state index in [-0.39, 0.29) is 30.5 Å². The molecule has 0 radical (unpaired) electrons. The van der Waals surface area contributed by atoms with Crippen molar-refractivity contribution >= 4 is 0 Å². The maximum atomic E-state index is 6.43. The van der Waals surface area contributed by atoms with Crippen molar-refractivity contribution in [1.82, 2.24) is 0 Å². The Bertz CT molecular complexity index is 961. The van der Waals surface area contributed by atoms with Crippen LogP contribution in [0.1, 0.15) is 23.6 Å². The second-order valence-electron chi connectivity index (χ2n) is 8.33. The summed E-state index contributed by atoms with van der Waals surface area (Å²) in [4.78, 5) is 0. The van der Waals surface area contributed by atoms with E-state index in [4.69, 9.17) is 18.9 Å². The summed E-state index contributed by atoms with van der Waals surface area (Å²) in [5.74, 6) is 0. The molecule has 0 bridgehead atoms. The molecule has 1 aliphatic heterocycles. The third-order valence-corrected chi connectivity index (χ3v) is 5.91. The fraction of sp³-hybridized carbons (Fsp3) is 0.310. The van der Waals surface area contributed by atoms with Gasteiger partial charge in [-0.3, -0.25) is 0 Å². The molecule has 4 heteroatoms. The smallest absolute Gasteiger partial charge is 0.116 e. The van der Waals surface area contributed by atoms with Crippen molar-refractivity contribution < 1.29 is 18.9 Å². The van der Waals surface area contributed by atoms with Crippen molar-refractivity contribution in [1.29, 1.82) is 0 Å². The average Bonchev–Trinajstić information content (AvgIpc) is 3.24. The molecule has 1 aliphatic rings. The first-order valence-electron chi connectivity index (χ1n) is 11.5. The topological polar surface area (TPSA) is 36.9 Å². The zero-order valence-corrected chi connectivity index (χ0v) is 19.1. The lowest BCUT2D eigenvalue weighted by Gasteiger charge is -2.27. The van der Waals surface area contributed by atoms with E-state index >= 15 is 0 Å². The molecule has 172 valence electrons. The number of benzene rings is 3. The van der Waals surface area contributed by atoms with Gasteiger partial charge in [0.25, 0.3) is 0 Å². The Kier molecular flexibility index (Phi) is 8.45. The molecule has 0 aliphatic carbocycles. The van der Waals surface area contributed by atoms with E-state index in [1.807, 2.05) is 61.5 Å². The lowest BCUT2D eigenvalue weighted by atomic mass is 10.0. The number of hydrogen-bond acceptors (Lipinski definition) is 4. The highest BCUT2D eigenvalue weighted by Crippen LogP contribution is 2.32. The predicted octanol–water partition coefficient (Wildman–Crippen LogP) is 5.72. The molecule has 3 aromatic rings. The Morgan fingerprint density at radius 3 is 1.67 bits per heavy atom. The van der Waals surface area contributed by atoms with Crippen molar-refractivity contribution in [3.05, 3.63) is 120 Å². The van der Waals surface area contributed by atoms with Crippen LogP contribution in [0.3, 0.4) is 0 Å². The molecule has 33 heavy (non-hydrogen) atoms. The minimum atomic E-state index is -0.289. The highest BCUT2D eigenvalue weighted by Gasteiger charge is 2.47. The van der Waals surface area contributed by atoms with Crippen LogP contribution in [-0.4, -0.2) is 30.5 Å². The molecule has 4 rings (SSSR count). The van der Waals surface area contributed by atoms with Crippen LogP contribution in [0.5, 0.6) is 0 Å². The lowest BCUT2D eigenvalue weighted by Crippen LogP contribution is -2.42. The van der Waals surface area contributed by atoms with Gasteiger partial charge in [-0.05, 0) is 23.6 Å². The summed E-state index contributed by atoms with van der Waals surface area (Å²) in [5.41, 5.74) is 3.35. The van der Waals surface area contributed by atoms with E-state index in [1.165, 1.54) is 0 Å². The Balaban J connectivity index is 1.47. The Labute approximate surface area is 196 Å². The van der Waals surface area contributed by atoms with E-state index in [0.29, 0.717) is 19.8 Å². The first-order chi connectivity index (χ1) is 16.2. The van der Waals surface area contributed by atoms with Gasteiger partial charge < -0.3 is 18.9 Å². The van der Waals surface area contributed by atoms with Crippen LogP contribution >= 0.6 is 0 Å². The summed E-state index contributed by atoms with van der Waals surface area (Å²) in [5, 5.41) is 0. The summed E-state index contributed by atoms with van der Waals surface area (Å²) in [6.45, 7) is 7.50. The predicted molar refractivity (Wildman–Crippen MR) is 130 cm³/mol. The Morgan fingerprint density at radius 1 is 0.727 bits per heavy atom. The molecule has 0 saturated carbocycles. The zero-order chi connectivity index (χ0) is 22.9. The first-order valence-corrected chi connectivity index (χ1v) is 11.5. The van der Waals surface area contributed by atoms with Gasteiger partial charge in [0.15, 0.2) is 0 Å². The molecular weight excluding hydrogens is 412 g/mol. The van der Waals surface area contributed by atoms with Gasteiger partial charge in [-0.2, -0.15) is 0 Å². The van der Waals surface area contributed by atoms with Crippen LogP contribution in [-0.2, 0) is 38.8 Å². The monoisotopic (exact) mass is 444 g/mol. The van der Waals surface area contributed by atoms with Crippen LogP contribution in [0, 0.1) is 0 Å². The number of ether oxygens (including phenoxy) is 4. The average molecular weight is 445 g/mol. The van der Waals surface area contributed by atoms with Gasteiger partial charge in [0.2, 0.25) is 0 Å². The molecule has 0 aromatic heterocycles. The summed E-state index contributed by atoms with van der Waals surface area (Å²) in [7, 11) is 0. The molecule has 1 heterocycles. The number of hydrogen-bond donors (Lipinski definition) is 0. The van der Waals surface area contributed by atoms with Crippen molar-refractivity contribution in [2.24, 2.45) is 0 Å². The highest BCUT2D eigenvalue weighted by atomic mass is 16.6. The molecule has 0 unspecified atom stereocenters. The molecule has 1 fully saturated rings. The van der Waals surface area contributed by atoms with E-state index in [1.54, 1.807) is 6.08 Å². The quantitative estimate of drug-likeness (QED) is 0.355. The van der Waals surface area contributed by atoms with E-state index < -0.39 is 0 Å². The van der Waals surface area contributed by atoms with E-state index in [2.05, 4.69) is 43.0 Å². The van der Waals surface area contributed by atoms with Gasteiger partial charge in [-0.1, -0.05) is 97.1 Å². The third-order valence-electron chi connectivity index (χ3n) is 5.91. The Morgan fingerprint density at radius 2 is 1.18 bits per heavy atom. The summed E-state index contributed by atoms with van der Waals surface area (Å²) >= 11 is 0. The third kappa shape index (κ3) is 6.40. The van der Waals surface area contributed by atoms with Crippen LogP contribution in [0.4, 0.5) is 0 Å². The number of rotatable bonds is 11. The molecule has 0 spiro atoms. The summed E-state index contributed by atoms with van der Waals surface area (Å²) in [6, 6.07) is 30.5. The van der Waals surface area contributed by atoms with E-state index in [9.17, 15) is 0 Å². The molecule has 4 nitrogen and oxygen atoms in total. The minimum Gasteiger partial charge on any atom is -0.371 e. The fourth-order valence-electron chi connectivity index (χ4n) is 4.09. The van der Waals surface area contributed by atoms with Crippen LogP contribution in [0.2, 0.25) is 0 Å². The SMILES string of the molecule is C=C[C@@H]1O[C@@H]([C@@H](C)OCc2ccccc2)[C@H](OCc2ccccc2)[C@H]1OCc1ccccc1. The standard InChI is InChI=1S/C29H32O4/c1-3-26-28(31-20-24-15-9-5-10-16-24)29(32-21-25-17-11-6-12-18-25)27(33-26)22(2)30-19-23-13-7-4-8-14-23/h3-18,22,26-29H,1,19-21H2,2H3/t22-,26+,27+,28+,29+/m1/s1. The summed E-state index contributed by atoms with van der Waals surface area (Å²) < 4.78 is 25.4. The Hall–Kier alpha value is -2.76. The van der Waals surface area contributed by atoms with Crippen molar-refractivity contribution in [2.75, 3.05) is 0 Å². The maximum absolute atomic E-state index is 6.43. The molecule has 3 aromatic carbocycles. The van der Waals surface area contributed by atoms with Gasteiger partial charge in [-0.25, -0.2) is 0 Å². The van der Waals surface area contributed by atoms with Crippen molar-refractivity contribution in [3.63, 3.8) is 0 Å². The zero-order valence-electron chi connectivity index (χ0n) is 19.1. The fourth-order valence-corrected chi connectivity index (χ4v) is 4.09.